The molecule has 0 aliphatic carbocycles. The largest absolute Gasteiger partial charge is 0.496 e. The van der Waals surface area contributed by atoms with Crippen molar-refractivity contribution in [2.24, 2.45) is 5.73 Å². The van der Waals surface area contributed by atoms with E-state index in [2.05, 4.69) is 5.32 Å². The van der Waals surface area contributed by atoms with E-state index < -0.39 is 16.8 Å². The minimum absolute atomic E-state index is 0.231. The van der Waals surface area contributed by atoms with Crippen LogP contribution in [-0.4, -0.2) is 17.3 Å². The molecule has 3 aromatic rings. The van der Waals surface area contributed by atoms with Crippen molar-refractivity contribution in [2.45, 2.75) is 22.8 Å². The number of urea groups is 1. The number of amides is 2. The summed E-state index contributed by atoms with van der Waals surface area (Å²) in [5.74, 6) is 0.676. The van der Waals surface area contributed by atoms with Gasteiger partial charge < -0.3 is 15.8 Å². The highest BCUT2D eigenvalue weighted by atomic mass is 35.5. The van der Waals surface area contributed by atoms with Crippen molar-refractivity contribution >= 4 is 28.4 Å². The molecule has 7 heteroatoms. The van der Waals surface area contributed by atoms with Crippen LogP contribution < -0.4 is 15.8 Å². The van der Waals surface area contributed by atoms with E-state index in [1.54, 1.807) is 37.4 Å². The van der Waals surface area contributed by atoms with Gasteiger partial charge in [-0.25, -0.2) is 9.00 Å². The Labute approximate surface area is 177 Å². The summed E-state index contributed by atoms with van der Waals surface area (Å²) in [5.41, 5.74) is 7.74. The molecule has 0 saturated heterocycles. The molecule has 3 N–H and O–H groups in total. The Morgan fingerprint density at radius 1 is 1.07 bits per heavy atom. The van der Waals surface area contributed by atoms with Crippen LogP contribution in [0.4, 0.5) is 4.79 Å². The molecule has 0 bridgehead atoms. The summed E-state index contributed by atoms with van der Waals surface area (Å²) < 4.78 is 18.6. The maximum Gasteiger partial charge on any atom is 0.312 e. The lowest BCUT2D eigenvalue weighted by molar-refractivity contribution is 0.246. The highest BCUT2D eigenvalue weighted by Gasteiger charge is 2.14. The van der Waals surface area contributed by atoms with Crippen LogP contribution in [0.3, 0.4) is 0 Å². The standard InChI is InChI=1S/C22H21ClN2O3S/c1-14(25-22(24)26)15-6-8-18(9-7-15)29(27)19-10-11-21(28-2)20(13-19)16-4-3-5-17(23)12-16/h3-14H,1-2H3,(H3,24,25,26). The summed E-state index contributed by atoms with van der Waals surface area (Å²) in [5, 5.41) is 3.24. The Morgan fingerprint density at radius 2 is 1.76 bits per heavy atom. The molecule has 0 aliphatic heterocycles. The van der Waals surface area contributed by atoms with Gasteiger partial charge in [-0.3, -0.25) is 0 Å². The minimum atomic E-state index is -1.38. The van der Waals surface area contributed by atoms with Crippen LogP contribution in [0.5, 0.6) is 5.75 Å². The number of carbonyl (C=O) groups is 1. The molecular weight excluding hydrogens is 408 g/mol. The van der Waals surface area contributed by atoms with Crippen LogP contribution in [-0.2, 0) is 10.8 Å². The lowest BCUT2D eigenvalue weighted by atomic mass is 10.0. The van der Waals surface area contributed by atoms with Gasteiger partial charge in [-0.2, -0.15) is 0 Å². The molecule has 3 rings (SSSR count). The van der Waals surface area contributed by atoms with E-state index >= 15 is 0 Å². The van der Waals surface area contributed by atoms with E-state index in [4.69, 9.17) is 22.1 Å². The summed E-state index contributed by atoms with van der Waals surface area (Å²) in [6, 6.07) is 19.3. The SMILES string of the molecule is COc1ccc(S(=O)c2ccc(C(C)NC(N)=O)cc2)cc1-c1cccc(Cl)c1. The van der Waals surface area contributed by atoms with Crippen molar-refractivity contribution in [1.29, 1.82) is 0 Å². The van der Waals surface area contributed by atoms with Gasteiger partial charge in [-0.1, -0.05) is 35.9 Å². The summed E-state index contributed by atoms with van der Waals surface area (Å²) in [4.78, 5) is 12.3. The molecule has 5 nitrogen and oxygen atoms in total. The monoisotopic (exact) mass is 428 g/mol. The molecule has 0 radical (unpaired) electrons. The number of hydrogen-bond acceptors (Lipinski definition) is 3. The van der Waals surface area contributed by atoms with Gasteiger partial charge in [0.2, 0.25) is 0 Å². The van der Waals surface area contributed by atoms with Crippen molar-refractivity contribution in [1.82, 2.24) is 5.32 Å². The smallest absolute Gasteiger partial charge is 0.312 e. The van der Waals surface area contributed by atoms with E-state index in [1.165, 1.54) is 0 Å². The highest BCUT2D eigenvalue weighted by molar-refractivity contribution is 7.85. The first kappa shape index (κ1) is 20.9. The fraction of sp³-hybridized carbons (Fsp3) is 0.136. The van der Waals surface area contributed by atoms with Crippen molar-refractivity contribution in [3.8, 4) is 16.9 Å². The van der Waals surface area contributed by atoms with Crippen LogP contribution >= 0.6 is 11.6 Å². The number of methoxy groups -OCH3 is 1. The Morgan fingerprint density at radius 3 is 2.38 bits per heavy atom. The maximum absolute atomic E-state index is 13.1. The fourth-order valence-electron chi connectivity index (χ4n) is 3.00. The zero-order chi connectivity index (χ0) is 21.0. The summed E-state index contributed by atoms with van der Waals surface area (Å²) in [7, 11) is 0.218. The van der Waals surface area contributed by atoms with Crippen LogP contribution in [0, 0.1) is 0 Å². The lowest BCUT2D eigenvalue weighted by Gasteiger charge is -2.14. The fourth-order valence-corrected chi connectivity index (χ4v) is 4.26. The Kier molecular flexibility index (Phi) is 6.56. The number of carbonyl (C=O) groups excluding carboxylic acids is 1. The van der Waals surface area contributed by atoms with Crippen molar-refractivity contribution in [3.63, 3.8) is 0 Å². The second kappa shape index (κ2) is 9.11. The van der Waals surface area contributed by atoms with E-state index in [1.807, 2.05) is 43.3 Å². The predicted octanol–water partition coefficient (Wildman–Crippen LogP) is 4.91. The third kappa shape index (κ3) is 4.96. The molecule has 2 amide bonds. The molecule has 3 aromatic carbocycles. The minimum Gasteiger partial charge on any atom is -0.496 e. The van der Waals surface area contributed by atoms with E-state index in [0.717, 1.165) is 16.7 Å². The molecular formula is C22H21ClN2O3S. The molecule has 0 spiro atoms. The number of halogens is 1. The quantitative estimate of drug-likeness (QED) is 0.585. The van der Waals surface area contributed by atoms with Crippen LogP contribution in [0.25, 0.3) is 11.1 Å². The maximum atomic E-state index is 13.1. The van der Waals surface area contributed by atoms with Crippen LogP contribution in [0.2, 0.25) is 5.02 Å². The first-order valence-corrected chi connectivity index (χ1v) is 10.4. The zero-order valence-corrected chi connectivity index (χ0v) is 17.6. The molecule has 150 valence electrons. The molecule has 0 saturated carbocycles. The van der Waals surface area contributed by atoms with Gasteiger partial charge in [0, 0.05) is 20.4 Å². The number of primary amides is 1. The van der Waals surface area contributed by atoms with Gasteiger partial charge >= 0.3 is 6.03 Å². The van der Waals surface area contributed by atoms with Crippen molar-refractivity contribution in [2.75, 3.05) is 7.11 Å². The Bertz CT molecular complexity index is 1050. The molecule has 29 heavy (non-hydrogen) atoms. The second-order valence-corrected chi connectivity index (χ2v) is 8.36. The number of nitrogens with one attached hydrogen (secondary N) is 1. The Hall–Kier alpha value is -2.83. The Balaban J connectivity index is 1.91. The van der Waals surface area contributed by atoms with Crippen LogP contribution in [0.1, 0.15) is 18.5 Å². The number of hydrogen-bond donors (Lipinski definition) is 2. The van der Waals surface area contributed by atoms with Crippen LogP contribution in [0.15, 0.2) is 76.5 Å². The topological polar surface area (TPSA) is 81.4 Å². The molecule has 0 aromatic heterocycles. The second-order valence-electron chi connectivity index (χ2n) is 6.44. The average molecular weight is 429 g/mol. The molecule has 0 heterocycles. The van der Waals surface area contributed by atoms with E-state index in [0.29, 0.717) is 20.6 Å². The lowest BCUT2D eigenvalue weighted by Crippen LogP contribution is -2.31. The average Bonchev–Trinajstić information content (AvgIpc) is 2.72. The first-order chi connectivity index (χ1) is 13.9. The van der Waals surface area contributed by atoms with E-state index in [-0.39, 0.29) is 6.04 Å². The van der Waals surface area contributed by atoms with Gasteiger partial charge in [0.05, 0.1) is 24.0 Å². The van der Waals surface area contributed by atoms with Gasteiger partial charge in [0.15, 0.2) is 0 Å². The predicted molar refractivity (Wildman–Crippen MR) is 116 cm³/mol. The molecule has 0 aliphatic rings. The third-order valence-electron chi connectivity index (χ3n) is 4.47. The van der Waals surface area contributed by atoms with Crippen molar-refractivity contribution in [3.05, 3.63) is 77.3 Å². The highest BCUT2D eigenvalue weighted by Crippen LogP contribution is 2.34. The number of ether oxygens (including phenoxy) is 1. The van der Waals surface area contributed by atoms with Gasteiger partial charge in [-0.15, -0.1) is 0 Å². The summed E-state index contributed by atoms with van der Waals surface area (Å²) >= 11 is 6.13. The van der Waals surface area contributed by atoms with Crippen molar-refractivity contribution < 1.29 is 13.7 Å². The third-order valence-corrected chi connectivity index (χ3v) is 6.09. The van der Waals surface area contributed by atoms with E-state index in [9.17, 15) is 9.00 Å². The number of rotatable bonds is 6. The molecule has 2 atom stereocenters. The summed E-state index contributed by atoms with van der Waals surface area (Å²) in [6.07, 6.45) is 0. The first-order valence-electron chi connectivity index (χ1n) is 8.90. The zero-order valence-electron chi connectivity index (χ0n) is 16.0. The van der Waals surface area contributed by atoms with Gasteiger partial charge in [0.1, 0.15) is 5.75 Å². The molecule has 0 fully saturated rings. The number of nitrogens with two attached hydrogens (primary N) is 1. The van der Waals surface area contributed by atoms with Gasteiger partial charge in [0.25, 0.3) is 0 Å². The van der Waals surface area contributed by atoms with Gasteiger partial charge in [-0.05, 0) is 60.5 Å². The normalized spacial score (nSPS) is 12.8. The molecule has 2 unspecified atom stereocenters. The summed E-state index contributed by atoms with van der Waals surface area (Å²) in [6.45, 7) is 1.83. The number of benzene rings is 3.